The standard InChI is InChI=1S/C7H3BrClFO2/c8-3-1-2-4(9)5(6(3)10)7(11)12/h1-2H,(H,11,12). The first-order valence-electron chi connectivity index (χ1n) is 2.91. The van der Waals surface area contributed by atoms with Gasteiger partial charge >= 0.3 is 5.97 Å². The number of carbonyl (C=O) groups is 1. The van der Waals surface area contributed by atoms with Crippen molar-refractivity contribution >= 4 is 33.5 Å². The summed E-state index contributed by atoms with van der Waals surface area (Å²) < 4.78 is 13.1. The van der Waals surface area contributed by atoms with Gasteiger partial charge in [0.25, 0.3) is 0 Å². The zero-order valence-corrected chi connectivity index (χ0v) is 7.99. The second kappa shape index (κ2) is 3.41. The average Bonchev–Trinajstić information content (AvgIpc) is 1.97. The van der Waals surface area contributed by atoms with Crippen LogP contribution >= 0.6 is 27.5 Å². The van der Waals surface area contributed by atoms with Gasteiger partial charge in [0.05, 0.1) is 9.50 Å². The lowest BCUT2D eigenvalue weighted by atomic mass is 10.2. The molecule has 0 saturated heterocycles. The Labute approximate surface area is 81.1 Å². The van der Waals surface area contributed by atoms with Crippen molar-refractivity contribution in [2.24, 2.45) is 0 Å². The molecule has 1 aromatic rings. The molecular formula is C7H3BrClFO2. The van der Waals surface area contributed by atoms with Gasteiger partial charge < -0.3 is 5.11 Å². The summed E-state index contributed by atoms with van der Waals surface area (Å²) in [5, 5.41) is 8.42. The molecule has 1 aromatic carbocycles. The summed E-state index contributed by atoms with van der Waals surface area (Å²) in [6, 6.07) is 2.67. The van der Waals surface area contributed by atoms with E-state index in [9.17, 15) is 9.18 Å². The van der Waals surface area contributed by atoms with Gasteiger partial charge in [0, 0.05) is 0 Å². The van der Waals surface area contributed by atoms with Gasteiger partial charge in [-0.2, -0.15) is 0 Å². The van der Waals surface area contributed by atoms with Crippen molar-refractivity contribution < 1.29 is 14.3 Å². The monoisotopic (exact) mass is 252 g/mol. The smallest absolute Gasteiger partial charge is 0.340 e. The van der Waals surface area contributed by atoms with Crippen LogP contribution in [0.5, 0.6) is 0 Å². The van der Waals surface area contributed by atoms with Crippen molar-refractivity contribution in [3.8, 4) is 0 Å². The Morgan fingerprint density at radius 1 is 1.58 bits per heavy atom. The van der Waals surface area contributed by atoms with Crippen LogP contribution in [-0.4, -0.2) is 11.1 Å². The van der Waals surface area contributed by atoms with E-state index in [-0.39, 0.29) is 9.50 Å². The second-order valence-electron chi connectivity index (χ2n) is 2.02. The van der Waals surface area contributed by atoms with Gasteiger partial charge in [0.15, 0.2) is 5.82 Å². The van der Waals surface area contributed by atoms with Crippen molar-refractivity contribution in [1.29, 1.82) is 0 Å². The zero-order chi connectivity index (χ0) is 9.30. The van der Waals surface area contributed by atoms with E-state index in [1.165, 1.54) is 12.1 Å². The molecule has 0 aliphatic carbocycles. The first-order chi connectivity index (χ1) is 5.54. The Morgan fingerprint density at radius 3 is 2.58 bits per heavy atom. The molecule has 64 valence electrons. The normalized spacial score (nSPS) is 9.92. The molecule has 1 N–H and O–H groups in total. The molecule has 12 heavy (non-hydrogen) atoms. The predicted octanol–water partition coefficient (Wildman–Crippen LogP) is 2.94. The molecule has 0 saturated carbocycles. The third kappa shape index (κ3) is 1.59. The van der Waals surface area contributed by atoms with Crippen molar-refractivity contribution in [3.63, 3.8) is 0 Å². The minimum atomic E-state index is -1.38. The van der Waals surface area contributed by atoms with E-state index < -0.39 is 17.3 Å². The summed E-state index contributed by atoms with van der Waals surface area (Å²) in [5.41, 5.74) is -0.508. The number of benzene rings is 1. The van der Waals surface area contributed by atoms with Gasteiger partial charge in [-0.05, 0) is 28.1 Å². The van der Waals surface area contributed by atoms with Crippen LogP contribution in [0, 0.1) is 5.82 Å². The molecule has 0 radical (unpaired) electrons. The van der Waals surface area contributed by atoms with Crippen LogP contribution in [0.3, 0.4) is 0 Å². The number of carboxylic acid groups (broad SMARTS) is 1. The SMILES string of the molecule is O=C(O)c1c(Cl)ccc(Br)c1F. The van der Waals surface area contributed by atoms with E-state index in [0.29, 0.717) is 0 Å². The van der Waals surface area contributed by atoms with Crippen LogP contribution in [0.1, 0.15) is 10.4 Å². The Balaban J connectivity index is 3.43. The summed E-state index contributed by atoms with van der Waals surface area (Å²) in [7, 11) is 0. The Bertz CT molecular complexity index is 340. The molecule has 0 amide bonds. The molecular weight excluding hydrogens is 250 g/mol. The van der Waals surface area contributed by atoms with Crippen molar-refractivity contribution in [2.45, 2.75) is 0 Å². The molecule has 0 heterocycles. The summed E-state index contributed by atoms with van der Waals surface area (Å²) in [4.78, 5) is 10.4. The molecule has 0 aromatic heterocycles. The van der Waals surface area contributed by atoms with Crippen LogP contribution < -0.4 is 0 Å². The highest BCUT2D eigenvalue weighted by molar-refractivity contribution is 9.10. The summed E-state index contributed by atoms with van der Waals surface area (Å²) in [5.74, 6) is -2.23. The van der Waals surface area contributed by atoms with E-state index in [0.717, 1.165) is 0 Å². The quantitative estimate of drug-likeness (QED) is 0.781. The van der Waals surface area contributed by atoms with Crippen molar-refractivity contribution in [1.82, 2.24) is 0 Å². The largest absolute Gasteiger partial charge is 0.478 e. The summed E-state index contributed by atoms with van der Waals surface area (Å²) in [6.45, 7) is 0. The van der Waals surface area contributed by atoms with Crippen LogP contribution in [0.2, 0.25) is 5.02 Å². The highest BCUT2D eigenvalue weighted by Crippen LogP contribution is 2.25. The van der Waals surface area contributed by atoms with Crippen molar-refractivity contribution in [3.05, 3.63) is 33.0 Å². The van der Waals surface area contributed by atoms with Gasteiger partial charge in [-0.15, -0.1) is 0 Å². The molecule has 0 spiro atoms. The lowest BCUT2D eigenvalue weighted by Gasteiger charge is -2.01. The first kappa shape index (κ1) is 9.48. The third-order valence-electron chi connectivity index (χ3n) is 1.26. The van der Waals surface area contributed by atoms with Gasteiger partial charge in [-0.25, -0.2) is 9.18 Å². The molecule has 0 aliphatic rings. The molecule has 0 bridgehead atoms. The van der Waals surface area contributed by atoms with E-state index in [1.54, 1.807) is 0 Å². The van der Waals surface area contributed by atoms with Crippen LogP contribution in [0.15, 0.2) is 16.6 Å². The van der Waals surface area contributed by atoms with E-state index in [1.807, 2.05) is 0 Å². The molecule has 2 nitrogen and oxygen atoms in total. The predicted molar refractivity (Wildman–Crippen MR) is 46.1 cm³/mol. The van der Waals surface area contributed by atoms with Crippen LogP contribution in [-0.2, 0) is 0 Å². The fourth-order valence-electron chi connectivity index (χ4n) is 0.723. The highest BCUT2D eigenvalue weighted by Gasteiger charge is 2.16. The highest BCUT2D eigenvalue weighted by atomic mass is 79.9. The summed E-state index contributed by atoms with van der Waals surface area (Å²) in [6.07, 6.45) is 0. The lowest BCUT2D eigenvalue weighted by molar-refractivity contribution is 0.0692. The molecule has 5 heteroatoms. The van der Waals surface area contributed by atoms with Crippen LogP contribution in [0.25, 0.3) is 0 Å². The maximum Gasteiger partial charge on any atom is 0.340 e. The fraction of sp³-hybridized carbons (Fsp3) is 0. The number of aromatic carboxylic acids is 1. The fourth-order valence-corrected chi connectivity index (χ4v) is 1.28. The number of carboxylic acids is 1. The van der Waals surface area contributed by atoms with E-state index >= 15 is 0 Å². The zero-order valence-electron chi connectivity index (χ0n) is 5.64. The second-order valence-corrected chi connectivity index (χ2v) is 3.28. The lowest BCUT2D eigenvalue weighted by Crippen LogP contribution is -2.01. The van der Waals surface area contributed by atoms with Crippen molar-refractivity contribution in [2.75, 3.05) is 0 Å². The molecule has 0 unspecified atom stereocenters. The Kier molecular flexibility index (Phi) is 2.69. The van der Waals surface area contributed by atoms with E-state index in [4.69, 9.17) is 16.7 Å². The van der Waals surface area contributed by atoms with E-state index in [2.05, 4.69) is 15.9 Å². The topological polar surface area (TPSA) is 37.3 Å². The molecule has 1 rings (SSSR count). The number of rotatable bonds is 1. The maximum atomic E-state index is 13.0. The van der Waals surface area contributed by atoms with Gasteiger partial charge in [-0.1, -0.05) is 11.6 Å². The molecule has 0 fully saturated rings. The molecule has 0 atom stereocenters. The number of hydrogen-bond donors (Lipinski definition) is 1. The van der Waals surface area contributed by atoms with Gasteiger partial charge in [0.2, 0.25) is 0 Å². The van der Waals surface area contributed by atoms with Gasteiger partial charge in [0.1, 0.15) is 5.56 Å². The Morgan fingerprint density at radius 2 is 2.17 bits per heavy atom. The van der Waals surface area contributed by atoms with Gasteiger partial charge in [-0.3, -0.25) is 0 Å². The first-order valence-corrected chi connectivity index (χ1v) is 4.08. The Hall–Kier alpha value is -0.610. The average molecular weight is 253 g/mol. The third-order valence-corrected chi connectivity index (χ3v) is 2.19. The van der Waals surface area contributed by atoms with Crippen LogP contribution in [0.4, 0.5) is 4.39 Å². The number of hydrogen-bond acceptors (Lipinski definition) is 1. The number of halogens is 3. The summed E-state index contributed by atoms with van der Waals surface area (Å²) >= 11 is 8.31. The molecule has 0 aliphatic heterocycles. The maximum absolute atomic E-state index is 13.0. The minimum absolute atomic E-state index is 0.0873. The minimum Gasteiger partial charge on any atom is -0.478 e.